The maximum atomic E-state index is 12.3. The summed E-state index contributed by atoms with van der Waals surface area (Å²) in [4.78, 5) is 33.5. The second kappa shape index (κ2) is 6.46. The predicted molar refractivity (Wildman–Crippen MR) is 100 cm³/mol. The highest BCUT2D eigenvalue weighted by atomic mass is 16.5. The quantitative estimate of drug-likeness (QED) is 0.714. The average Bonchev–Trinajstić information content (AvgIpc) is 3.51. The zero-order valence-corrected chi connectivity index (χ0v) is 15.2. The molecule has 3 aromatic rings. The molecule has 0 unspecified atom stereocenters. The van der Waals surface area contributed by atoms with E-state index in [1.807, 2.05) is 6.07 Å². The van der Waals surface area contributed by atoms with Gasteiger partial charge in [-0.15, -0.1) is 0 Å². The van der Waals surface area contributed by atoms with Gasteiger partial charge in [0.2, 0.25) is 5.75 Å². The molecule has 8 nitrogen and oxygen atoms in total. The van der Waals surface area contributed by atoms with Crippen LogP contribution in [0.15, 0.2) is 27.8 Å². The molecule has 1 aliphatic rings. The van der Waals surface area contributed by atoms with Gasteiger partial charge in [0.05, 0.1) is 32.5 Å². The van der Waals surface area contributed by atoms with Crippen LogP contribution in [0, 0.1) is 0 Å². The first-order valence-corrected chi connectivity index (χ1v) is 8.53. The molecule has 2 aromatic heterocycles. The number of fused-ring (bicyclic) bond motifs is 1. The number of hydrogen-bond acceptors (Lipinski definition) is 6. The fraction of sp³-hybridized carbons (Fsp3) is 0.316. The van der Waals surface area contributed by atoms with Gasteiger partial charge in [-0.2, -0.15) is 0 Å². The van der Waals surface area contributed by atoms with Crippen molar-refractivity contribution in [2.24, 2.45) is 0 Å². The smallest absolute Gasteiger partial charge is 0.326 e. The number of hydrogen-bond donors (Lipinski definition) is 2. The Morgan fingerprint density at radius 3 is 2.19 bits per heavy atom. The van der Waals surface area contributed by atoms with Crippen LogP contribution in [0.2, 0.25) is 0 Å². The first-order chi connectivity index (χ1) is 13.0. The van der Waals surface area contributed by atoms with Gasteiger partial charge >= 0.3 is 5.69 Å². The first kappa shape index (κ1) is 17.1. The van der Waals surface area contributed by atoms with Gasteiger partial charge in [0.15, 0.2) is 17.0 Å². The molecular weight excluding hydrogens is 350 g/mol. The maximum Gasteiger partial charge on any atom is 0.326 e. The summed E-state index contributed by atoms with van der Waals surface area (Å²) >= 11 is 0. The van der Waals surface area contributed by atoms with Crippen LogP contribution in [-0.4, -0.2) is 36.3 Å². The lowest BCUT2D eigenvalue weighted by molar-refractivity contribution is 0.324. The number of benzene rings is 1. The van der Waals surface area contributed by atoms with Gasteiger partial charge in [-0.25, -0.2) is 9.78 Å². The van der Waals surface area contributed by atoms with Crippen LogP contribution in [0.4, 0.5) is 0 Å². The average molecular weight is 369 g/mol. The maximum absolute atomic E-state index is 12.3. The fourth-order valence-corrected chi connectivity index (χ4v) is 3.26. The highest BCUT2D eigenvalue weighted by Crippen LogP contribution is 2.45. The van der Waals surface area contributed by atoms with E-state index >= 15 is 0 Å². The molecule has 0 bridgehead atoms. The van der Waals surface area contributed by atoms with E-state index in [1.54, 1.807) is 26.4 Å². The summed E-state index contributed by atoms with van der Waals surface area (Å²) in [6, 6.07) is 5.48. The van der Waals surface area contributed by atoms with Gasteiger partial charge in [0, 0.05) is 5.56 Å². The van der Waals surface area contributed by atoms with Crippen molar-refractivity contribution in [2.45, 2.75) is 18.8 Å². The monoisotopic (exact) mass is 369 g/mol. The van der Waals surface area contributed by atoms with Gasteiger partial charge in [0.25, 0.3) is 5.56 Å². The number of nitrogens with zero attached hydrogens (tertiary/aromatic N) is 1. The Hall–Kier alpha value is -3.29. The van der Waals surface area contributed by atoms with Crippen molar-refractivity contribution in [1.29, 1.82) is 0 Å². The van der Waals surface area contributed by atoms with Crippen LogP contribution in [0.1, 0.15) is 24.3 Å². The van der Waals surface area contributed by atoms with E-state index in [-0.39, 0.29) is 5.52 Å². The lowest BCUT2D eigenvalue weighted by atomic mass is 10.0. The lowest BCUT2D eigenvalue weighted by Crippen LogP contribution is -2.23. The highest BCUT2D eigenvalue weighted by molar-refractivity contribution is 5.82. The van der Waals surface area contributed by atoms with Gasteiger partial charge < -0.3 is 19.2 Å². The second-order valence-corrected chi connectivity index (χ2v) is 6.42. The molecule has 0 saturated heterocycles. The molecule has 0 radical (unpaired) electrons. The fourth-order valence-electron chi connectivity index (χ4n) is 3.26. The molecule has 0 amide bonds. The largest absolute Gasteiger partial charge is 0.493 e. The zero-order valence-electron chi connectivity index (χ0n) is 15.2. The van der Waals surface area contributed by atoms with Crippen molar-refractivity contribution in [2.75, 3.05) is 21.3 Å². The molecule has 0 aliphatic heterocycles. The normalized spacial score (nSPS) is 13.6. The Morgan fingerprint density at radius 1 is 0.963 bits per heavy atom. The highest BCUT2D eigenvalue weighted by Gasteiger charge is 2.28. The third kappa shape index (κ3) is 2.92. The van der Waals surface area contributed by atoms with Crippen molar-refractivity contribution in [3.05, 3.63) is 44.6 Å². The van der Waals surface area contributed by atoms with Crippen LogP contribution in [0.5, 0.6) is 17.2 Å². The predicted octanol–water partition coefficient (Wildman–Crippen LogP) is 2.18. The van der Waals surface area contributed by atoms with E-state index in [2.05, 4.69) is 15.0 Å². The summed E-state index contributed by atoms with van der Waals surface area (Å²) in [6.07, 6.45) is 2.03. The summed E-state index contributed by atoms with van der Waals surface area (Å²) in [5, 5.41) is 0. The topological polar surface area (TPSA) is 106 Å². The van der Waals surface area contributed by atoms with Crippen LogP contribution < -0.4 is 25.5 Å². The van der Waals surface area contributed by atoms with Crippen molar-refractivity contribution >= 4 is 11.0 Å². The van der Waals surface area contributed by atoms with E-state index < -0.39 is 11.2 Å². The van der Waals surface area contributed by atoms with E-state index in [4.69, 9.17) is 14.2 Å². The number of pyridine rings is 1. The van der Waals surface area contributed by atoms with Crippen molar-refractivity contribution in [3.8, 4) is 28.5 Å². The molecule has 27 heavy (non-hydrogen) atoms. The van der Waals surface area contributed by atoms with Crippen LogP contribution >= 0.6 is 0 Å². The Morgan fingerprint density at radius 2 is 1.63 bits per heavy atom. The minimum absolute atomic E-state index is 0.211. The standard InChI is InChI=1S/C19H19N3O5/c1-25-13-6-10(7-14(26-2)17(13)27-3)12-8-11(9-4-5-9)15-16(20-12)18(23)22-19(24)21-15/h6-9H,4-5H2,1-3H3,(H2,21,22,23,24). The van der Waals surface area contributed by atoms with E-state index in [1.165, 1.54) is 7.11 Å². The number of aromatic amines is 2. The molecule has 1 fully saturated rings. The number of methoxy groups -OCH3 is 3. The van der Waals surface area contributed by atoms with E-state index in [0.717, 1.165) is 24.0 Å². The Kier molecular flexibility index (Phi) is 4.10. The SMILES string of the molecule is COc1cc(-c2cc(C3CC3)c3[nH]c(=O)[nH]c(=O)c3n2)cc(OC)c1OC. The summed E-state index contributed by atoms with van der Waals surface area (Å²) in [7, 11) is 4.62. The van der Waals surface area contributed by atoms with E-state index in [9.17, 15) is 9.59 Å². The zero-order chi connectivity index (χ0) is 19.1. The Bertz CT molecular complexity index is 1120. The number of rotatable bonds is 5. The summed E-state index contributed by atoms with van der Waals surface area (Å²) in [5.74, 6) is 1.79. The molecule has 2 heterocycles. The molecule has 1 aliphatic carbocycles. The summed E-state index contributed by atoms with van der Waals surface area (Å²) in [5.41, 5.74) is 1.92. The molecule has 1 saturated carbocycles. The third-order valence-corrected chi connectivity index (χ3v) is 4.71. The third-order valence-electron chi connectivity index (χ3n) is 4.71. The second-order valence-electron chi connectivity index (χ2n) is 6.42. The molecular formula is C19H19N3O5. The Labute approximate surface area is 154 Å². The summed E-state index contributed by atoms with van der Waals surface area (Å²) in [6.45, 7) is 0. The molecule has 8 heteroatoms. The lowest BCUT2D eigenvalue weighted by Gasteiger charge is -2.15. The minimum atomic E-state index is -0.531. The van der Waals surface area contributed by atoms with Crippen molar-refractivity contribution in [3.63, 3.8) is 0 Å². The van der Waals surface area contributed by atoms with Crippen LogP contribution in [0.25, 0.3) is 22.3 Å². The van der Waals surface area contributed by atoms with Gasteiger partial charge in [0.1, 0.15) is 0 Å². The number of nitrogens with one attached hydrogen (secondary N) is 2. The van der Waals surface area contributed by atoms with Crippen molar-refractivity contribution < 1.29 is 14.2 Å². The minimum Gasteiger partial charge on any atom is -0.493 e. The molecule has 4 rings (SSSR count). The summed E-state index contributed by atoms with van der Waals surface area (Å²) < 4.78 is 16.2. The van der Waals surface area contributed by atoms with Crippen LogP contribution in [0.3, 0.4) is 0 Å². The van der Waals surface area contributed by atoms with E-state index in [0.29, 0.717) is 34.4 Å². The van der Waals surface area contributed by atoms with Gasteiger partial charge in [-0.3, -0.25) is 9.78 Å². The number of ether oxygens (including phenoxy) is 3. The molecule has 140 valence electrons. The first-order valence-electron chi connectivity index (χ1n) is 8.53. The van der Waals surface area contributed by atoms with Gasteiger partial charge in [-0.1, -0.05) is 0 Å². The van der Waals surface area contributed by atoms with Crippen LogP contribution in [-0.2, 0) is 0 Å². The number of aromatic nitrogens is 3. The molecule has 0 atom stereocenters. The van der Waals surface area contributed by atoms with Gasteiger partial charge in [-0.05, 0) is 42.5 Å². The molecule has 2 N–H and O–H groups in total. The molecule has 0 spiro atoms. The Balaban J connectivity index is 2.00. The molecule has 1 aromatic carbocycles. The van der Waals surface area contributed by atoms with Crippen molar-refractivity contribution in [1.82, 2.24) is 15.0 Å². The number of H-pyrrole nitrogens is 2.